The molecular formula is C11H19NO3S. The summed E-state index contributed by atoms with van der Waals surface area (Å²) in [6.07, 6.45) is 2.69. The van der Waals surface area contributed by atoms with Crippen LogP contribution in [0.25, 0.3) is 0 Å². The molecule has 0 aromatic rings. The third kappa shape index (κ3) is 3.14. The number of carbonyl (C=O) groups excluding carboxylic acids is 1. The molecule has 1 rings (SSSR count). The van der Waals surface area contributed by atoms with Gasteiger partial charge in [0, 0.05) is 6.54 Å². The fourth-order valence-electron chi connectivity index (χ4n) is 1.97. The molecule has 1 amide bonds. The SMILES string of the molecule is CCCN(CC(=O)O)C(=O)C1(C)CCCS1. The van der Waals surface area contributed by atoms with Crippen molar-refractivity contribution in [3.8, 4) is 0 Å². The van der Waals surface area contributed by atoms with Gasteiger partial charge in [-0.25, -0.2) is 0 Å². The van der Waals surface area contributed by atoms with E-state index in [4.69, 9.17) is 5.11 Å². The van der Waals surface area contributed by atoms with Crippen LogP contribution in [0.4, 0.5) is 0 Å². The summed E-state index contributed by atoms with van der Waals surface area (Å²) in [6, 6.07) is 0. The van der Waals surface area contributed by atoms with E-state index >= 15 is 0 Å². The van der Waals surface area contributed by atoms with Crippen molar-refractivity contribution >= 4 is 23.6 Å². The second-order valence-electron chi connectivity index (χ2n) is 4.30. The van der Waals surface area contributed by atoms with Gasteiger partial charge in [-0.2, -0.15) is 0 Å². The van der Waals surface area contributed by atoms with Crippen LogP contribution in [0, 0.1) is 0 Å². The second kappa shape index (κ2) is 5.57. The largest absolute Gasteiger partial charge is 0.480 e. The van der Waals surface area contributed by atoms with E-state index in [1.165, 1.54) is 4.90 Å². The highest BCUT2D eigenvalue weighted by Crippen LogP contribution is 2.39. The summed E-state index contributed by atoms with van der Waals surface area (Å²) >= 11 is 1.65. The number of amides is 1. The molecule has 1 aliphatic heterocycles. The molecule has 1 aliphatic rings. The van der Waals surface area contributed by atoms with Crippen molar-refractivity contribution in [2.45, 2.75) is 37.9 Å². The van der Waals surface area contributed by atoms with Gasteiger partial charge < -0.3 is 10.0 Å². The Morgan fingerprint density at radius 1 is 1.50 bits per heavy atom. The van der Waals surface area contributed by atoms with E-state index in [9.17, 15) is 9.59 Å². The first kappa shape index (κ1) is 13.4. The Bertz CT molecular complexity index is 274. The average molecular weight is 245 g/mol. The molecule has 0 radical (unpaired) electrons. The first-order chi connectivity index (χ1) is 7.49. The average Bonchev–Trinajstić information content (AvgIpc) is 2.64. The van der Waals surface area contributed by atoms with Gasteiger partial charge in [0.2, 0.25) is 5.91 Å². The zero-order valence-corrected chi connectivity index (χ0v) is 10.7. The summed E-state index contributed by atoms with van der Waals surface area (Å²) in [6.45, 7) is 4.23. The highest BCUT2D eigenvalue weighted by molar-refractivity contribution is 8.01. The molecule has 1 atom stereocenters. The van der Waals surface area contributed by atoms with Gasteiger partial charge in [0.1, 0.15) is 6.54 Å². The van der Waals surface area contributed by atoms with Crippen LogP contribution < -0.4 is 0 Å². The minimum atomic E-state index is -0.937. The van der Waals surface area contributed by atoms with Crippen LogP contribution in [0.3, 0.4) is 0 Å². The van der Waals surface area contributed by atoms with Gasteiger partial charge in [-0.15, -0.1) is 11.8 Å². The number of rotatable bonds is 5. The lowest BCUT2D eigenvalue weighted by molar-refractivity contribution is -0.145. The number of carbonyl (C=O) groups is 2. The smallest absolute Gasteiger partial charge is 0.323 e. The predicted octanol–water partition coefficient (Wildman–Crippen LogP) is 1.60. The Morgan fingerprint density at radius 3 is 2.62 bits per heavy atom. The molecule has 0 aliphatic carbocycles. The molecule has 1 unspecified atom stereocenters. The van der Waals surface area contributed by atoms with Gasteiger partial charge in [0.05, 0.1) is 4.75 Å². The van der Waals surface area contributed by atoms with Crippen LogP contribution in [-0.2, 0) is 9.59 Å². The normalized spacial score (nSPS) is 24.4. The minimum Gasteiger partial charge on any atom is -0.480 e. The molecule has 1 heterocycles. The van der Waals surface area contributed by atoms with Gasteiger partial charge in [-0.05, 0) is 31.9 Å². The maximum atomic E-state index is 12.2. The first-order valence-corrected chi connectivity index (χ1v) is 6.63. The molecule has 1 N–H and O–H groups in total. The summed E-state index contributed by atoms with van der Waals surface area (Å²) in [4.78, 5) is 24.4. The number of carboxylic acids is 1. The van der Waals surface area contributed by atoms with Crippen molar-refractivity contribution in [3.05, 3.63) is 0 Å². The zero-order chi connectivity index (χ0) is 12.2. The first-order valence-electron chi connectivity index (χ1n) is 5.64. The van der Waals surface area contributed by atoms with Crippen molar-refractivity contribution in [1.82, 2.24) is 4.90 Å². The Kier molecular flexibility index (Phi) is 4.65. The number of carboxylic acid groups (broad SMARTS) is 1. The van der Waals surface area contributed by atoms with Gasteiger partial charge >= 0.3 is 5.97 Å². The monoisotopic (exact) mass is 245 g/mol. The summed E-state index contributed by atoms with van der Waals surface area (Å²) in [5.74, 6) is 0.0441. The van der Waals surface area contributed by atoms with Crippen LogP contribution in [0.15, 0.2) is 0 Å². The molecule has 4 nitrogen and oxygen atoms in total. The fraction of sp³-hybridized carbons (Fsp3) is 0.818. The van der Waals surface area contributed by atoms with Crippen LogP contribution in [-0.4, -0.2) is 45.5 Å². The number of aliphatic carboxylic acids is 1. The van der Waals surface area contributed by atoms with E-state index < -0.39 is 10.7 Å². The zero-order valence-electron chi connectivity index (χ0n) is 9.86. The lowest BCUT2D eigenvalue weighted by Crippen LogP contribution is -2.46. The maximum Gasteiger partial charge on any atom is 0.323 e. The molecule has 1 fully saturated rings. The van der Waals surface area contributed by atoms with Crippen molar-refractivity contribution < 1.29 is 14.7 Å². The molecule has 0 bridgehead atoms. The predicted molar refractivity (Wildman–Crippen MR) is 64.6 cm³/mol. The number of hydrogen-bond donors (Lipinski definition) is 1. The topological polar surface area (TPSA) is 57.6 Å². The van der Waals surface area contributed by atoms with Crippen molar-refractivity contribution in [2.24, 2.45) is 0 Å². The summed E-state index contributed by atoms with van der Waals surface area (Å²) in [7, 11) is 0. The van der Waals surface area contributed by atoms with E-state index in [1.54, 1.807) is 11.8 Å². The van der Waals surface area contributed by atoms with Gasteiger partial charge in [-0.1, -0.05) is 6.92 Å². The Hall–Kier alpha value is -0.710. The Balaban J connectivity index is 2.69. The lowest BCUT2D eigenvalue weighted by Gasteiger charge is -2.29. The maximum absolute atomic E-state index is 12.2. The van der Waals surface area contributed by atoms with E-state index in [0.29, 0.717) is 6.54 Å². The standard InChI is InChI=1S/C11H19NO3S/c1-3-6-12(8-9(13)14)10(15)11(2)5-4-7-16-11/h3-8H2,1-2H3,(H,13,14). The van der Waals surface area contributed by atoms with E-state index in [-0.39, 0.29) is 12.5 Å². The van der Waals surface area contributed by atoms with E-state index in [2.05, 4.69) is 0 Å². The number of hydrogen-bond acceptors (Lipinski definition) is 3. The lowest BCUT2D eigenvalue weighted by atomic mass is 10.0. The summed E-state index contributed by atoms with van der Waals surface area (Å²) < 4.78 is -0.398. The molecule has 16 heavy (non-hydrogen) atoms. The molecule has 1 saturated heterocycles. The molecule has 92 valence electrons. The third-order valence-corrected chi connectivity index (χ3v) is 4.29. The van der Waals surface area contributed by atoms with Gasteiger partial charge in [0.15, 0.2) is 0 Å². The third-order valence-electron chi connectivity index (χ3n) is 2.78. The Labute approximate surface area is 100 Å². The molecule has 0 spiro atoms. The fourth-order valence-corrected chi connectivity index (χ4v) is 3.25. The number of nitrogens with zero attached hydrogens (tertiary/aromatic N) is 1. The summed E-state index contributed by atoms with van der Waals surface area (Å²) in [5.41, 5.74) is 0. The van der Waals surface area contributed by atoms with Crippen molar-refractivity contribution in [3.63, 3.8) is 0 Å². The second-order valence-corrected chi connectivity index (χ2v) is 5.90. The molecule has 0 saturated carbocycles. The molecular weight excluding hydrogens is 226 g/mol. The highest BCUT2D eigenvalue weighted by Gasteiger charge is 2.40. The van der Waals surface area contributed by atoms with Crippen LogP contribution in [0.2, 0.25) is 0 Å². The molecule has 0 aromatic carbocycles. The summed E-state index contributed by atoms with van der Waals surface area (Å²) in [5, 5.41) is 8.79. The van der Waals surface area contributed by atoms with Gasteiger partial charge in [0.25, 0.3) is 0 Å². The van der Waals surface area contributed by atoms with E-state index in [0.717, 1.165) is 25.0 Å². The van der Waals surface area contributed by atoms with Crippen molar-refractivity contribution in [1.29, 1.82) is 0 Å². The number of thioether (sulfide) groups is 1. The van der Waals surface area contributed by atoms with Crippen LogP contribution >= 0.6 is 11.8 Å². The Morgan fingerprint density at radius 2 is 2.19 bits per heavy atom. The quantitative estimate of drug-likeness (QED) is 0.799. The minimum absolute atomic E-state index is 0.0146. The molecule has 0 aromatic heterocycles. The van der Waals surface area contributed by atoms with Crippen LogP contribution in [0.5, 0.6) is 0 Å². The molecule has 5 heteroatoms. The van der Waals surface area contributed by atoms with Gasteiger partial charge in [-0.3, -0.25) is 9.59 Å². The van der Waals surface area contributed by atoms with E-state index in [1.807, 2.05) is 13.8 Å². The highest BCUT2D eigenvalue weighted by atomic mass is 32.2. The van der Waals surface area contributed by atoms with Crippen LogP contribution in [0.1, 0.15) is 33.1 Å². The van der Waals surface area contributed by atoms with Crippen molar-refractivity contribution in [2.75, 3.05) is 18.8 Å².